The third-order valence-electron chi connectivity index (χ3n) is 3.97. The van der Waals surface area contributed by atoms with Crippen molar-refractivity contribution in [3.8, 4) is 17.2 Å². The molecule has 0 aliphatic heterocycles. The molecule has 3 aromatic rings. The molecule has 0 aliphatic rings. The zero-order valence-corrected chi connectivity index (χ0v) is 14.9. The molecule has 2 aromatic carbocycles. The summed E-state index contributed by atoms with van der Waals surface area (Å²) in [5, 5.41) is 11.1. The number of carbonyl (C=O) groups is 1. The Labute approximate surface area is 151 Å². The van der Waals surface area contributed by atoms with Gasteiger partial charge in [0.25, 0.3) is 5.91 Å². The van der Waals surface area contributed by atoms with E-state index in [0.717, 1.165) is 11.4 Å². The van der Waals surface area contributed by atoms with Crippen molar-refractivity contribution in [1.29, 1.82) is 0 Å². The van der Waals surface area contributed by atoms with Crippen LogP contribution in [0.5, 0.6) is 11.5 Å². The van der Waals surface area contributed by atoms with E-state index < -0.39 is 0 Å². The number of hydrogen-bond donors (Lipinski definition) is 1. The summed E-state index contributed by atoms with van der Waals surface area (Å²) in [6.45, 7) is 1.96. The second-order valence-electron chi connectivity index (χ2n) is 5.51. The van der Waals surface area contributed by atoms with Crippen molar-refractivity contribution in [3.63, 3.8) is 0 Å². The first-order valence-corrected chi connectivity index (χ1v) is 8.21. The zero-order chi connectivity index (χ0) is 18.5. The number of para-hydroxylation sites is 1. The lowest BCUT2D eigenvalue weighted by atomic mass is 10.2. The quantitative estimate of drug-likeness (QED) is 0.737. The van der Waals surface area contributed by atoms with Crippen LogP contribution in [0.4, 0.5) is 5.69 Å². The van der Waals surface area contributed by atoms with E-state index in [4.69, 9.17) is 9.47 Å². The molecule has 0 aliphatic carbocycles. The Morgan fingerprint density at radius 2 is 1.88 bits per heavy atom. The Balaban J connectivity index is 1.93. The number of ether oxygens (including phenoxy) is 2. The fourth-order valence-corrected chi connectivity index (χ4v) is 2.67. The van der Waals surface area contributed by atoms with Crippen molar-refractivity contribution >= 4 is 11.6 Å². The van der Waals surface area contributed by atoms with E-state index in [9.17, 15) is 4.79 Å². The first kappa shape index (κ1) is 17.5. The molecular weight excluding hydrogens is 332 g/mol. The van der Waals surface area contributed by atoms with Crippen LogP contribution in [0.15, 0.2) is 48.5 Å². The highest BCUT2D eigenvalue weighted by Gasteiger charge is 2.20. The Morgan fingerprint density at radius 3 is 2.54 bits per heavy atom. The average Bonchev–Trinajstić information content (AvgIpc) is 3.12. The van der Waals surface area contributed by atoms with Crippen LogP contribution in [0, 0.1) is 0 Å². The van der Waals surface area contributed by atoms with Crippen LogP contribution in [0.1, 0.15) is 23.1 Å². The minimum Gasteiger partial charge on any atom is -0.497 e. The molecule has 0 spiro atoms. The lowest BCUT2D eigenvalue weighted by Crippen LogP contribution is -2.16. The monoisotopic (exact) mass is 352 g/mol. The summed E-state index contributed by atoms with van der Waals surface area (Å²) in [7, 11) is 3.11. The van der Waals surface area contributed by atoms with Gasteiger partial charge in [-0.15, -0.1) is 5.10 Å². The normalized spacial score (nSPS) is 10.4. The first-order chi connectivity index (χ1) is 12.7. The second kappa shape index (κ2) is 7.69. The fraction of sp³-hybridized carbons (Fsp3) is 0.211. The van der Waals surface area contributed by atoms with Crippen LogP contribution >= 0.6 is 0 Å². The Bertz CT molecular complexity index is 906. The average molecular weight is 352 g/mol. The van der Waals surface area contributed by atoms with E-state index in [0.29, 0.717) is 23.6 Å². The fourth-order valence-electron chi connectivity index (χ4n) is 2.67. The maximum Gasteiger partial charge on any atom is 0.278 e. The van der Waals surface area contributed by atoms with E-state index in [1.807, 2.05) is 37.3 Å². The van der Waals surface area contributed by atoms with Crippen LogP contribution in [-0.2, 0) is 6.42 Å². The standard InChI is InChI=1S/C19H20N4O3/c1-4-16-18(21-22-23(16)13-8-6-5-7-9-13)19(24)20-15-12-14(25-2)10-11-17(15)26-3/h5-12H,4H2,1-3H3,(H,20,24). The molecule has 0 fully saturated rings. The minimum atomic E-state index is -0.351. The molecule has 0 saturated heterocycles. The molecule has 1 aromatic heterocycles. The highest BCUT2D eigenvalue weighted by molar-refractivity contribution is 6.04. The van der Waals surface area contributed by atoms with Gasteiger partial charge in [0, 0.05) is 6.07 Å². The predicted octanol–water partition coefficient (Wildman–Crippen LogP) is 3.10. The molecule has 3 rings (SSSR count). The van der Waals surface area contributed by atoms with E-state index >= 15 is 0 Å². The molecular formula is C19H20N4O3. The SMILES string of the molecule is CCc1c(C(=O)Nc2cc(OC)ccc2OC)nnn1-c1ccccc1. The van der Waals surface area contributed by atoms with Gasteiger partial charge in [0.2, 0.25) is 0 Å². The number of amides is 1. The summed E-state index contributed by atoms with van der Waals surface area (Å²) in [5.41, 5.74) is 2.37. The van der Waals surface area contributed by atoms with E-state index in [1.165, 1.54) is 0 Å². The van der Waals surface area contributed by atoms with Crippen LogP contribution < -0.4 is 14.8 Å². The van der Waals surface area contributed by atoms with E-state index in [-0.39, 0.29) is 11.6 Å². The van der Waals surface area contributed by atoms with Crippen molar-refractivity contribution in [2.45, 2.75) is 13.3 Å². The van der Waals surface area contributed by atoms with Gasteiger partial charge < -0.3 is 14.8 Å². The van der Waals surface area contributed by atoms with Gasteiger partial charge in [-0.2, -0.15) is 0 Å². The summed E-state index contributed by atoms with van der Waals surface area (Å²) in [6, 6.07) is 14.8. The Kier molecular flexibility index (Phi) is 5.17. The van der Waals surface area contributed by atoms with Crippen molar-refractivity contribution < 1.29 is 14.3 Å². The number of methoxy groups -OCH3 is 2. The summed E-state index contributed by atoms with van der Waals surface area (Å²) < 4.78 is 12.2. The first-order valence-electron chi connectivity index (χ1n) is 8.21. The van der Waals surface area contributed by atoms with E-state index in [2.05, 4.69) is 15.6 Å². The van der Waals surface area contributed by atoms with Gasteiger partial charge in [-0.05, 0) is 30.7 Å². The van der Waals surface area contributed by atoms with E-state index in [1.54, 1.807) is 37.1 Å². The predicted molar refractivity (Wildman–Crippen MR) is 98.2 cm³/mol. The lowest BCUT2D eigenvalue weighted by Gasteiger charge is -2.11. The van der Waals surface area contributed by atoms with Gasteiger partial charge in [0.05, 0.1) is 31.3 Å². The maximum atomic E-state index is 12.8. The highest BCUT2D eigenvalue weighted by Crippen LogP contribution is 2.29. The number of anilines is 1. The molecule has 0 radical (unpaired) electrons. The summed E-state index contributed by atoms with van der Waals surface area (Å²) in [6.07, 6.45) is 0.611. The molecule has 1 amide bonds. The number of hydrogen-bond acceptors (Lipinski definition) is 5. The second-order valence-corrected chi connectivity index (χ2v) is 5.51. The van der Waals surface area contributed by atoms with Crippen LogP contribution in [0.25, 0.3) is 5.69 Å². The number of rotatable bonds is 6. The number of nitrogens with one attached hydrogen (secondary N) is 1. The summed E-state index contributed by atoms with van der Waals surface area (Å²) in [4.78, 5) is 12.8. The van der Waals surface area contributed by atoms with Gasteiger partial charge in [-0.25, -0.2) is 4.68 Å². The molecule has 1 heterocycles. The van der Waals surface area contributed by atoms with Crippen LogP contribution in [0.2, 0.25) is 0 Å². The smallest absolute Gasteiger partial charge is 0.278 e. The van der Waals surface area contributed by atoms with Gasteiger partial charge in [-0.3, -0.25) is 4.79 Å². The maximum absolute atomic E-state index is 12.8. The molecule has 1 N–H and O–H groups in total. The van der Waals surface area contributed by atoms with Gasteiger partial charge in [0.15, 0.2) is 5.69 Å². The van der Waals surface area contributed by atoms with Gasteiger partial charge in [-0.1, -0.05) is 30.3 Å². The van der Waals surface area contributed by atoms with Crippen LogP contribution in [0.3, 0.4) is 0 Å². The molecule has 0 unspecified atom stereocenters. The lowest BCUT2D eigenvalue weighted by molar-refractivity contribution is 0.102. The number of aromatic nitrogens is 3. The molecule has 0 atom stereocenters. The molecule has 7 nitrogen and oxygen atoms in total. The third-order valence-corrected chi connectivity index (χ3v) is 3.97. The highest BCUT2D eigenvalue weighted by atomic mass is 16.5. The number of benzene rings is 2. The number of carbonyl (C=O) groups excluding carboxylic acids is 1. The zero-order valence-electron chi connectivity index (χ0n) is 14.9. The Hall–Kier alpha value is -3.35. The minimum absolute atomic E-state index is 0.279. The topological polar surface area (TPSA) is 78.3 Å². The number of nitrogens with zero attached hydrogens (tertiary/aromatic N) is 3. The van der Waals surface area contributed by atoms with Crippen molar-refractivity contribution in [3.05, 3.63) is 59.9 Å². The molecule has 26 heavy (non-hydrogen) atoms. The molecule has 0 bridgehead atoms. The molecule has 134 valence electrons. The Morgan fingerprint density at radius 1 is 1.12 bits per heavy atom. The summed E-state index contributed by atoms with van der Waals surface area (Å²) in [5.74, 6) is 0.799. The third kappa shape index (κ3) is 3.37. The van der Waals surface area contributed by atoms with Crippen molar-refractivity contribution in [2.75, 3.05) is 19.5 Å². The molecule has 7 heteroatoms. The van der Waals surface area contributed by atoms with Crippen molar-refractivity contribution in [2.24, 2.45) is 0 Å². The van der Waals surface area contributed by atoms with Crippen LogP contribution in [-0.4, -0.2) is 35.1 Å². The van der Waals surface area contributed by atoms with Gasteiger partial charge >= 0.3 is 0 Å². The van der Waals surface area contributed by atoms with Crippen molar-refractivity contribution in [1.82, 2.24) is 15.0 Å². The molecule has 0 saturated carbocycles. The van der Waals surface area contributed by atoms with Gasteiger partial charge in [0.1, 0.15) is 11.5 Å². The largest absolute Gasteiger partial charge is 0.497 e. The summed E-state index contributed by atoms with van der Waals surface area (Å²) >= 11 is 0.